The first-order valence-corrected chi connectivity index (χ1v) is 5.59. The number of ether oxygens (including phenoxy) is 1. The van der Waals surface area contributed by atoms with Crippen molar-refractivity contribution in [3.05, 3.63) is 34.6 Å². The van der Waals surface area contributed by atoms with Gasteiger partial charge in [-0.3, -0.25) is 4.79 Å². The molecule has 1 aromatic carbocycles. The van der Waals surface area contributed by atoms with Crippen LogP contribution >= 0.6 is 0 Å². The number of carbonyl (C=O) groups excluding carboxylic acids is 1. The molecule has 0 atom stereocenters. The van der Waals surface area contributed by atoms with E-state index in [0.29, 0.717) is 0 Å². The van der Waals surface area contributed by atoms with E-state index in [1.54, 1.807) is 0 Å². The molecule has 0 aliphatic heterocycles. The van der Waals surface area contributed by atoms with E-state index >= 15 is 0 Å². The Hall–Kier alpha value is -1.80. The van der Waals surface area contributed by atoms with Gasteiger partial charge in [-0.1, -0.05) is 0 Å². The molecule has 2 nitrogen and oxygen atoms in total. The Morgan fingerprint density at radius 3 is 2.10 bits per heavy atom. The molecule has 0 amide bonds. The van der Waals surface area contributed by atoms with Crippen molar-refractivity contribution in [2.45, 2.75) is 25.7 Å². The molecule has 0 aliphatic rings. The Morgan fingerprint density at radius 2 is 1.67 bits per heavy atom. The SMILES string of the molecule is CCOC(=O)Cc1cc(C(F)(F)F)cc(F)c1C(F)(F)F. The van der Waals surface area contributed by atoms with Crippen LogP contribution in [-0.4, -0.2) is 12.6 Å². The first-order valence-electron chi connectivity index (χ1n) is 5.59. The largest absolute Gasteiger partial charge is 0.466 e. The van der Waals surface area contributed by atoms with Crippen molar-refractivity contribution in [2.75, 3.05) is 6.61 Å². The van der Waals surface area contributed by atoms with Crippen LogP contribution in [0.1, 0.15) is 23.6 Å². The van der Waals surface area contributed by atoms with E-state index < -0.39 is 47.3 Å². The highest BCUT2D eigenvalue weighted by Gasteiger charge is 2.40. The summed E-state index contributed by atoms with van der Waals surface area (Å²) in [5.74, 6) is -3.27. The maximum Gasteiger partial charge on any atom is 0.419 e. The number of hydrogen-bond donors (Lipinski definition) is 0. The second-order valence-corrected chi connectivity index (χ2v) is 3.97. The van der Waals surface area contributed by atoms with Crippen LogP contribution in [0.25, 0.3) is 0 Å². The van der Waals surface area contributed by atoms with E-state index in [4.69, 9.17) is 0 Å². The first-order chi connectivity index (χ1) is 9.46. The molecule has 0 radical (unpaired) electrons. The second-order valence-electron chi connectivity index (χ2n) is 3.97. The van der Waals surface area contributed by atoms with E-state index in [0.717, 1.165) is 0 Å². The third kappa shape index (κ3) is 4.33. The first kappa shape index (κ1) is 17.3. The van der Waals surface area contributed by atoms with Gasteiger partial charge in [0.15, 0.2) is 0 Å². The molecule has 0 bridgehead atoms. The number of halogens is 7. The zero-order chi connectivity index (χ0) is 16.4. The van der Waals surface area contributed by atoms with Crippen LogP contribution in [0.4, 0.5) is 30.7 Å². The Morgan fingerprint density at radius 1 is 1.10 bits per heavy atom. The van der Waals surface area contributed by atoms with E-state index in [1.165, 1.54) is 6.92 Å². The van der Waals surface area contributed by atoms with Gasteiger partial charge in [-0.25, -0.2) is 4.39 Å². The highest BCUT2D eigenvalue weighted by atomic mass is 19.4. The number of esters is 1. The summed E-state index contributed by atoms with van der Waals surface area (Å²) in [6.07, 6.45) is -11.4. The molecule has 0 saturated carbocycles. The highest BCUT2D eigenvalue weighted by Crippen LogP contribution is 2.38. The maximum atomic E-state index is 13.4. The number of rotatable bonds is 3. The lowest BCUT2D eigenvalue weighted by atomic mass is 9.99. The third-order valence-electron chi connectivity index (χ3n) is 2.42. The fraction of sp³-hybridized carbons (Fsp3) is 0.417. The molecule has 118 valence electrons. The Balaban J connectivity index is 3.40. The molecule has 1 aromatic rings. The smallest absolute Gasteiger partial charge is 0.419 e. The quantitative estimate of drug-likeness (QED) is 0.623. The molecule has 0 unspecified atom stereocenters. The minimum Gasteiger partial charge on any atom is -0.466 e. The number of carbonyl (C=O) groups is 1. The summed E-state index contributed by atoms with van der Waals surface area (Å²) in [4.78, 5) is 11.2. The van der Waals surface area contributed by atoms with Gasteiger partial charge in [0, 0.05) is 0 Å². The molecular weight excluding hydrogens is 309 g/mol. The van der Waals surface area contributed by atoms with Crippen molar-refractivity contribution in [1.82, 2.24) is 0 Å². The number of alkyl halides is 6. The van der Waals surface area contributed by atoms with Gasteiger partial charge in [-0.15, -0.1) is 0 Å². The lowest BCUT2D eigenvalue weighted by Crippen LogP contribution is -2.18. The van der Waals surface area contributed by atoms with Gasteiger partial charge < -0.3 is 4.74 Å². The molecule has 0 heterocycles. The fourth-order valence-corrected chi connectivity index (χ4v) is 1.65. The van der Waals surface area contributed by atoms with E-state index in [2.05, 4.69) is 4.74 Å². The fourth-order valence-electron chi connectivity index (χ4n) is 1.65. The number of hydrogen-bond acceptors (Lipinski definition) is 2. The number of benzene rings is 1. The average molecular weight is 318 g/mol. The molecule has 21 heavy (non-hydrogen) atoms. The molecule has 0 spiro atoms. The van der Waals surface area contributed by atoms with Gasteiger partial charge in [-0.05, 0) is 24.6 Å². The predicted octanol–water partition coefficient (Wildman–Crippen LogP) is 3.97. The van der Waals surface area contributed by atoms with Crippen LogP contribution in [0.2, 0.25) is 0 Å². The molecule has 0 fully saturated rings. The summed E-state index contributed by atoms with van der Waals surface area (Å²) in [7, 11) is 0. The summed E-state index contributed by atoms with van der Waals surface area (Å²) >= 11 is 0. The van der Waals surface area contributed by atoms with Gasteiger partial charge in [0.2, 0.25) is 0 Å². The monoisotopic (exact) mass is 318 g/mol. The molecule has 1 rings (SSSR count). The molecular formula is C12H9F7O2. The lowest BCUT2D eigenvalue weighted by molar-refractivity contribution is -0.146. The molecule has 0 saturated heterocycles. The average Bonchev–Trinajstić information content (AvgIpc) is 2.25. The standard InChI is InChI=1S/C12H9F7O2/c1-2-21-9(20)4-6-3-7(11(14,15)16)5-8(13)10(6)12(17,18)19/h3,5H,2,4H2,1H3. The van der Waals surface area contributed by atoms with Gasteiger partial charge in [0.1, 0.15) is 5.82 Å². The van der Waals surface area contributed by atoms with Crippen LogP contribution in [0, 0.1) is 5.82 Å². The van der Waals surface area contributed by atoms with Crippen LogP contribution < -0.4 is 0 Å². The highest BCUT2D eigenvalue weighted by molar-refractivity contribution is 5.73. The zero-order valence-electron chi connectivity index (χ0n) is 10.5. The van der Waals surface area contributed by atoms with E-state index in [9.17, 15) is 35.5 Å². The third-order valence-corrected chi connectivity index (χ3v) is 2.42. The normalized spacial score (nSPS) is 12.4. The molecule has 0 aromatic heterocycles. The summed E-state index contributed by atoms with van der Waals surface area (Å²) in [5, 5.41) is 0. The van der Waals surface area contributed by atoms with Gasteiger partial charge >= 0.3 is 18.3 Å². The van der Waals surface area contributed by atoms with E-state index in [-0.39, 0.29) is 18.7 Å². The molecule has 9 heteroatoms. The summed E-state index contributed by atoms with van der Waals surface area (Å²) < 4.78 is 93.4. The summed E-state index contributed by atoms with van der Waals surface area (Å²) in [5.41, 5.74) is -4.62. The van der Waals surface area contributed by atoms with E-state index in [1.807, 2.05) is 0 Å². The van der Waals surface area contributed by atoms with Crippen molar-refractivity contribution >= 4 is 5.97 Å². The van der Waals surface area contributed by atoms with Gasteiger partial charge in [-0.2, -0.15) is 26.3 Å². The summed E-state index contributed by atoms with van der Waals surface area (Å²) in [6, 6.07) is -0.152. The van der Waals surface area contributed by atoms with Crippen molar-refractivity contribution in [1.29, 1.82) is 0 Å². The van der Waals surface area contributed by atoms with Crippen LogP contribution in [0.15, 0.2) is 12.1 Å². The van der Waals surface area contributed by atoms with Crippen molar-refractivity contribution in [3.63, 3.8) is 0 Å². The van der Waals surface area contributed by atoms with Crippen LogP contribution in [0.5, 0.6) is 0 Å². The topological polar surface area (TPSA) is 26.3 Å². The van der Waals surface area contributed by atoms with Crippen LogP contribution in [0.3, 0.4) is 0 Å². The van der Waals surface area contributed by atoms with Crippen LogP contribution in [-0.2, 0) is 28.3 Å². The molecule has 0 N–H and O–H groups in total. The zero-order valence-corrected chi connectivity index (χ0v) is 10.5. The van der Waals surface area contributed by atoms with Crippen molar-refractivity contribution in [3.8, 4) is 0 Å². The van der Waals surface area contributed by atoms with Gasteiger partial charge in [0.25, 0.3) is 0 Å². The minimum absolute atomic E-state index is 0.100. The van der Waals surface area contributed by atoms with Crippen molar-refractivity contribution in [2.24, 2.45) is 0 Å². The maximum absolute atomic E-state index is 13.4. The Labute approximate surface area is 114 Å². The van der Waals surface area contributed by atoms with Crippen molar-refractivity contribution < 1.29 is 40.3 Å². The Kier molecular flexibility index (Phi) is 4.85. The lowest BCUT2D eigenvalue weighted by Gasteiger charge is -2.16. The predicted molar refractivity (Wildman–Crippen MR) is 56.7 cm³/mol. The van der Waals surface area contributed by atoms with Gasteiger partial charge in [0.05, 0.1) is 24.2 Å². The molecule has 0 aliphatic carbocycles. The minimum atomic E-state index is -5.23. The Bertz CT molecular complexity index is 532. The second kappa shape index (κ2) is 5.90. The summed E-state index contributed by atoms with van der Waals surface area (Å²) in [6.45, 7) is 1.21.